The second-order valence-electron chi connectivity index (χ2n) is 6.20. The van der Waals surface area contributed by atoms with Crippen LogP contribution in [0.1, 0.15) is 27.2 Å². The van der Waals surface area contributed by atoms with Crippen molar-refractivity contribution in [2.75, 3.05) is 11.4 Å². The molecule has 1 atom stereocenters. The van der Waals surface area contributed by atoms with Gasteiger partial charge in [-0.2, -0.15) is 0 Å². The number of amides is 2. The summed E-state index contributed by atoms with van der Waals surface area (Å²) in [5.41, 5.74) is -0.252. The molecule has 1 saturated heterocycles. The van der Waals surface area contributed by atoms with Gasteiger partial charge in [0.05, 0.1) is 5.69 Å². The van der Waals surface area contributed by atoms with Crippen molar-refractivity contribution in [3.05, 3.63) is 28.5 Å². The summed E-state index contributed by atoms with van der Waals surface area (Å²) in [5, 5.41) is 2.74. The summed E-state index contributed by atoms with van der Waals surface area (Å²) < 4.78 is 14.7. The lowest BCUT2D eigenvalue weighted by Gasteiger charge is -2.32. The zero-order valence-corrected chi connectivity index (χ0v) is 13.8. The van der Waals surface area contributed by atoms with Crippen LogP contribution in [-0.2, 0) is 9.59 Å². The van der Waals surface area contributed by atoms with Crippen molar-refractivity contribution in [1.82, 2.24) is 5.32 Å². The molecular formula is C15H18BrFN2O2. The molecule has 1 unspecified atom stereocenters. The first-order chi connectivity index (χ1) is 9.70. The van der Waals surface area contributed by atoms with E-state index in [0.717, 1.165) is 0 Å². The number of carbonyl (C=O) groups is 2. The van der Waals surface area contributed by atoms with E-state index in [1.807, 2.05) is 20.8 Å². The summed E-state index contributed by atoms with van der Waals surface area (Å²) in [5.74, 6) is -0.958. The van der Waals surface area contributed by atoms with Crippen LogP contribution in [0.15, 0.2) is 22.7 Å². The quantitative estimate of drug-likeness (QED) is 0.840. The largest absolute Gasteiger partial charge is 0.344 e. The molecule has 1 heterocycles. The Morgan fingerprint density at radius 2 is 2.00 bits per heavy atom. The smallest absolute Gasteiger partial charge is 0.250 e. The maximum atomic E-state index is 14.1. The first-order valence-electron chi connectivity index (χ1n) is 6.76. The van der Waals surface area contributed by atoms with Gasteiger partial charge in [0.1, 0.15) is 11.9 Å². The van der Waals surface area contributed by atoms with Crippen LogP contribution in [0.2, 0.25) is 0 Å². The minimum Gasteiger partial charge on any atom is -0.344 e. The molecule has 1 N–H and O–H groups in total. The molecular weight excluding hydrogens is 339 g/mol. The Balaban J connectivity index is 2.45. The third kappa shape index (κ3) is 3.43. The second-order valence-corrected chi connectivity index (χ2v) is 7.12. The van der Waals surface area contributed by atoms with Crippen molar-refractivity contribution in [3.8, 4) is 0 Å². The van der Waals surface area contributed by atoms with Crippen molar-refractivity contribution in [1.29, 1.82) is 0 Å². The van der Waals surface area contributed by atoms with Crippen molar-refractivity contribution < 1.29 is 14.0 Å². The summed E-state index contributed by atoms with van der Waals surface area (Å²) in [7, 11) is 0. The van der Waals surface area contributed by atoms with Gasteiger partial charge in [0, 0.05) is 17.4 Å². The minimum atomic E-state index is -0.675. The topological polar surface area (TPSA) is 49.4 Å². The maximum Gasteiger partial charge on any atom is 0.250 e. The van der Waals surface area contributed by atoms with Gasteiger partial charge in [-0.05, 0) is 23.6 Å². The fourth-order valence-electron chi connectivity index (χ4n) is 2.29. The van der Waals surface area contributed by atoms with Crippen molar-refractivity contribution >= 4 is 33.4 Å². The van der Waals surface area contributed by atoms with Crippen LogP contribution in [-0.4, -0.2) is 24.4 Å². The van der Waals surface area contributed by atoms with Crippen LogP contribution < -0.4 is 10.2 Å². The molecule has 0 radical (unpaired) electrons. The van der Waals surface area contributed by atoms with Gasteiger partial charge >= 0.3 is 0 Å². The van der Waals surface area contributed by atoms with E-state index in [4.69, 9.17) is 0 Å². The van der Waals surface area contributed by atoms with Crippen LogP contribution >= 0.6 is 15.9 Å². The molecule has 1 fully saturated rings. The molecule has 21 heavy (non-hydrogen) atoms. The molecule has 2 amide bonds. The van der Waals surface area contributed by atoms with Gasteiger partial charge in [0.25, 0.3) is 0 Å². The van der Waals surface area contributed by atoms with E-state index in [-0.39, 0.29) is 30.5 Å². The van der Waals surface area contributed by atoms with Crippen LogP contribution in [0.4, 0.5) is 10.1 Å². The lowest BCUT2D eigenvalue weighted by atomic mass is 9.86. The highest BCUT2D eigenvalue weighted by atomic mass is 79.9. The molecule has 0 saturated carbocycles. The first kappa shape index (κ1) is 15.9. The summed E-state index contributed by atoms with van der Waals surface area (Å²) in [4.78, 5) is 25.9. The monoisotopic (exact) mass is 356 g/mol. The van der Waals surface area contributed by atoms with E-state index in [2.05, 4.69) is 21.2 Å². The zero-order chi connectivity index (χ0) is 15.8. The highest BCUT2D eigenvalue weighted by molar-refractivity contribution is 9.10. The molecule has 0 aliphatic carbocycles. The zero-order valence-electron chi connectivity index (χ0n) is 12.2. The van der Waals surface area contributed by atoms with E-state index in [9.17, 15) is 14.0 Å². The maximum absolute atomic E-state index is 14.1. The Hall–Kier alpha value is -1.43. The van der Waals surface area contributed by atoms with Gasteiger partial charge < -0.3 is 10.2 Å². The number of hydrogen-bond donors (Lipinski definition) is 1. The number of carbonyl (C=O) groups excluding carboxylic acids is 2. The summed E-state index contributed by atoms with van der Waals surface area (Å²) >= 11 is 3.28. The fourth-order valence-corrected chi connectivity index (χ4v) is 2.64. The molecule has 2 rings (SSSR count). The Labute approximate surface area is 131 Å². The Kier molecular flexibility index (Phi) is 4.37. The van der Waals surface area contributed by atoms with E-state index < -0.39 is 17.3 Å². The third-order valence-electron chi connectivity index (χ3n) is 3.45. The minimum absolute atomic E-state index is 0.157. The molecule has 1 aromatic carbocycles. The van der Waals surface area contributed by atoms with Crippen LogP contribution in [0.5, 0.6) is 0 Å². The third-order valence-corrected chi connectivity index (χ3v) is 3.94. The van der Waals surface area contributed by atoms with Crippen molar-refractivity contribution in [2.45, 2.75) is 33.2 Å². The number of anilines is 1. The molecule has 4 nitrogen and oxygen atoms in total. The average molecular weight is 357 g/mol. The highest BCUT2D eigenvalue weighted by Crippen LogP contribution is 2.29. The average Bonchev–Trinajstić information content (AvgIpc) is 2.52. The molecule has 0 spiro atoms. The molecule has 114 valence electrons. The van der Waals surface area contributed by atoms with Crippen molar-refractivity contribution in [2.24, 2.45) is 5.41 Å². The Morgan fingerprint density at radius 3 is 2.62 bits per heavy atom. The lowest BCUT2D eigenvalue weighted by Crippen LogP contribution is -2.52. The normalized spacial score (nSPS) is 20.2. The molecule has 1 aliphatic rings. The Morgan fingerprint density at radius 1 is 1.33 bits per heavy atom. The molecule has 0 bridgehead atoms. The number of hydrogen-bond acceptors (Lipinski definition) is 2. The van der Waals surface area contributed by atoms with Gasteiger partial charge in [-0.3, -0.25) is 9.59 Å². The number of halogens is 2. The van der Waals surface area contributed by atoms with Crippen LogP contribution in [0.25, 0.3) is 0 Å². The van der Waals surface area contributed by atoms with E-state index in [1.165, 1.54) is 11.0 Å². The van der Waals surface area contributed by atoms with E-state index in [0.29, 0.717) is 4.47 Å². The predicted octanol–water partition coefficient (Wildman–Crippen LogP) is 2.86. The first-order valence-corrected chi connectivity index (χ1v) is 7.55. The number of benzene rings is 1. The van der Waals surface area contributed by atoms with Gasteiger partial charge in [-0.1, -0.05) is 36.7 Å². The predicted molar refractivity (Wildman–Crippen MR) is 82.5 cm³/mol. The lowest BCUT2D eigenvalue weighted by molar-refractivity contribution is -0.127. The van der Waals surface area contributed by atoms with Crippen molar-refractivity contribution in [3.63, 3.8) is 0 Å². The highest BCUT2D eigenvalue weighted by Gasteiger charge is 2.39. The number of rotatable bonds is 1. The van der Waals surface area contributed by atoms with Crippen LogP contribution in [0.3, 0.4) is 0 Å². The fraction of sp³-hybridized carbons (Fsp3) is 0.467. The summed E-state index contributed by atoms with van der Waals surface area (Å²) in [6.07, 6.45) is 0.157. The SMILES string of the molecule is CC(C)(C)C1NC(=O)CCN(c2cc(Br)ccc2F)C1=O. The van der Waals surface area contributed by atoms with Gasteiger partial charge in [-0.15, -0.1) is 0 Å². The van der Waals surface area contributed by atoms with E-state index >= 15 is 0 Å². The standard InChI is InChI=1S/C15H18BrFN2O2/c1-15(2,3)13-14(21)19(7-6-12(20)18-13)11-8-9(16)4-5-10(11)17/h4-5,8,13H,6-7H2,1-3H3,(H,18,20). The molecule has 1 aromatic rings. The Bertz CT molecular complexity index is 584. The van der Waals surface area contributed by atoms with Gasteiger partial charge in [-0.25, -0.2) is 4.39 Å². The number of nitrogens with one attached hydrogen (secondary N) is 1. The van der Waals surface area contributed by atoms with Gasteiger partial charge in [0.15, 0.2) is 0 Å². The van der Waals surface area contributed by atoms with Gasteiger partial charge in [0.2, 0.25) is 11.8 Å². The second kappa shape index (κ2) is 5.75. The molecule has 1 aliphatic heterocycles. The van der Waals surface area contributed by atoms with Crippen LogP contribution in [0, 0.1) is 11.2 Å². The summed E-state index contributed by atoms with van der Waals surface area (Å²) in [6.45, 7) is 5.79. The molecule has 0 aromatic heterocycles. The summed E-state index contributed by atoms with van der Waals surface area (Å²) in [6, 6.07) is 3.76. The van der Waals surface area contributed by atoms with E-state index in [1.54, 1.807) is 12.1 Å². The number of nitrogens with zero attached hydrogens (tertiary/aromatic N) is 1. The molecule has 6 heteroatoms.